The second-order valence-electron chi connectivity index (χ2n) is 5.51. The second-order valence-corrected chi connectivity index (χ2v) is 5.51. The van der Waals surface area contributed by atoms with Gasteiger partial charge in [0.2, 0.25) is 5.95 Å². The van der Waals surface area contributed by atoms with E-state index in [4.69, 9.17) is 5.73 Å². The molecule has 0 radical (unpaired) electrons. The monoisotopic (exact) mass is 298 g/mol. The van der Waals surface area contributed by atoms with Crippen LogP contribution in [0.5, 0.6) is 0 Å². The highest BCUT2D eigenvalue weighted by Crippen LogP contribution is 2.25. The molecule has 0 amide bonds. The number of nitrogens with zero attached hydrogens (tertiary/aromatic N) is 3. The molecule has 4 N–H and O–H groups in total. The summed E-state index contributed by atoms with van der Waals surface area (Å²) in [6.07, 6.45) is 9.05. The summed E-state index contributed by atoms with van der Waals surface area (Å²) < 4.78 is 0. The summed E-state index contributed by atoms with van der Waals surface area (Å²) >= 11 is 0. The number of aryl methyl sites for hydroxylation is 1. The number of aromatic nitrogens is 3. The van der Waals surface area contributed by atoms with Crippen molar-refractivity contribution in [2.75, 3.05) is 29.5 Å². The molecule has 3 rings (SSSR count). The Morgan fingerprint density at radius 1 is 1.09 bits per heavy atom. The van der Waals surface area contributed by atoms with Gasteiger partial charge >= 0.3 is 0 Å². The zero-order valence-corrected chi connectivity index (χ0v) is 12.7. The molecule has 1 aliphatic rings. The van der Waals surface area contributed by atoms with Crippen LogP contribution in [0.2, 0.25) is 0 Å². The van der Waals surface area contributed by atoms with Crippen molar-refractivity contribution in [3.63, 3.8) is 0 Å². The van der Waals surface area contributed by atoms with Gasteiger partial charge in [-0.05, 0) is 44.2 Å². The number of rotatable bonds is 6. The Balaban J connectivity index is 1.50. The molecule has 0 fully saturated rings. The number of nitrogens with two attached hydrogens (primary N) is 1. The van der Waals surface area contributed by atoms with Crippen LogP contribution < -0.4 is 16.4 Å². The third kappa shape index (κ3) is 3.63. The third-order valence-electron chi connectivity index (χ3n) is 3.84. The van der Waals surface area contributed by atoms with Gasteiger partial charge in [-0.2, -0.15) is 4.98 Å². The maximum Gasteiger partial charge on any atom is 0.222 e. The predicted octanol–water partition coefficient (Wildman–Crippen LogP) is 2.25. The first-order valence-corrected chi connectivity index (χ1v) is 7.86. The largest absolute Gasteiger partial charge is 0.384 e. The minimum absolute atomic E-state index is 0.372. The molecule has 6 heteroatoms. The number of pyridine rings is 1. The van der Waals surface area contributed by atoms with Crippen LogP contribution in [-0.2, 0) is 12.8 Å². The summed E-state index contributed by atoms with van der Waals surface area (Å²) in [7, 11) is 0. The van der Waals surface area contributed by atoms with Crippen LogP contribution in [0.3, 0.4) is 0 Å². The van der Waals surface area contributed by atoms with Crippen molar-refractivity contribution in [2.24, 2.45) is 0 Å². The van der Waals surface area contributed by atoms with Crippen molar-refractivity contribution in [1.29, 1.82) is 0 Å². The quantitative estimate of drug-likeness (QED) is 0.709. The van der Waals surface area contributed by atoms with E-state index in [-0.39, 0.29) is 0 Å². The normalized spacial score (nSPS) is 13.5. The average molecular weight is 298 g/mol. The average Bonchev–Trinajstić information content (AvgIpc) is 2.55. The highest BCUT2D eigenvalue weighted by molar-refractivity contribution is 5.50. The fourth-order valence-electron chi connectivity index (χ4n) is 2.75. The number of hydrogen-bond acceptors (Lipinski definition) is 6. The smallest absolute Gasteiger partial charge is 0.222 e. The standard InChI is InChI=1S/C16H22N6/c17-16-21-14-7-2-1-6-13(14)15(22-16)20-10-4-9-19-12-5-3-8-18-11-12/h3,5,8,11,19H,1-2,4,6-7,9-10H2,(H3,17,20,21,22). The Hall–Kier alpha value is -2.37. The minimum atomic E-state index is 0.372. The molecule has 0 spiro atoms. The third-order valence-corrected chi connectivity index (χ3v) is 3.84. The molecule has 0 aromatic carbocycles. The summed E-state index contributed by atoms with van der Waals surface area (Å²) in [4.78, 5) is 12.8. The van der Waals surface area contributed by atoms with Gasteiger partial charge in [-0.3, -0.25) is 4.98 Å². The molecule has 2 aromatic heterocycles. The first-order valence-electron chi connectivity index (χ1n) is 7.86. The number of fused-ring (bicyclic) bond motifs is 1. The van der Waals surface area contributed by atoms with E-state index >= 15 is 0 Å². The summed E-state index contributed by atoms with van der Waals surface area (Å²) in [6.45, 7) is 1.75. The Morgan fingerprint density at radius 2 is 1.95 bits per heavy atom. The molecule has 2 heterocycles. The lowest BCUT2D eigenvalue weighted by Gasteiger charge is -2.19. The van der Waals surface area contributed by atoms with E-state index in [9.17, 15) is 0 Å². The second kappa shape index (κ2) is 7.06. The first-order chi connectivity index (χ1) is 10.8. The molecular weight excluding hydrogens is 276 g/mol. The van der Waals surface area contributed by atoms with Gasteiger partial charge in [0.25, 0.3) is 0 Å². The van der Waals surface area contributed by atoms with Crippen LogP contribution in [0, 0.1) is 0 Å². The molecule has 0 bridgehead atoms. The topological polar surface area (TPSA) is 88.8 Å². The lowest BCUT2D eigenvalue weighted by atomic mass is 9.96. The van der Waals surface area contributed by atoms with Crippen LogP contribution >= 0.6 is 0 Å². The van der Waals surface area contributed by atoms with Crippen molar-refractivity contribution in [3.8, 4) is 0 Å². The van der Waals surface area contributed by atoms with Gasteiger partial charge in [0, 0.05) is 31.0 Å². The highest BCUT2D eigenvalue weighted by Gasteiger charge is 2.16. The number of anilines is 3. The molecule has 0 unspecified atom stereocenters. The molecule has 22 heavy (non-hydrogen) atoms. The van der Waals surface area contributed by atoms with Gasteiger partial charge in [-0.25, -0.2) is 4.98 Å². The SMILES string of the molecule is Nc1nc2c(c(NCCCNc3cccnc3)n1)CCCC2. The van der Waals surface area contributed by atoms with Crippen LogP contribution in [-0.4, -0.2) is 28.0 Å². The van der Waals surface area contributed by atoms with Crippen LogP contribution in [0.15, 0.2) is 24.5 Å². The summed E-state index contributed by atoms with van der Waals surface area (Å²) in [5.41, 5.74) is 9.23. The summed E-state index contributed by atoms with van der Waals surface area (Å²) in [5, 5.41) is 6.76. The number of hydrogen-bond donors (Lipinski definition) is 3. The van der Waals surface area contributed by atoms with E-state index in [2.05, 4.69) is 25.6 Å². The van der Waals surface area contributed by atoms with Crippen molar-refractivity contribution in [3.05, 3.63) is 35.8 Å². The van der Waals surface area contributed by atoms with E-state index in [1.807, 2.05) is 18.3 Å². The molecular formula is C16H22N6. The van der Waals surface area contributed by atoms with Crippen LogP contribution in [0.25, 0.3) is 0 Å². The molecule has 116 valence electrons. The molecule has 0 atom stereocenters. The van der Waals surface area contributed by atoms with Gasteiger partial charge in [0.05, 0.1) is 11.4 Å². The van der Waals surface area contributed by atoms with Gasteiger partial charge < -0.3 is 16.4 Å². The van der Waals surface area contributed by atoms with Gasteiger partial charge in [-0.15, -0.1) is 0 Å². The Kier molecular flexibility index (Phi) is 4.68. The Morgan fingerprint density at radius 3 is 2.82 bits per heavy atom. The summed E-state index contributed by atoms with van der Waals surface area (Å²) in [6, 6.07) is 3.94. The van der Waals surface area contributed by atoms with E-state index in [1.54, 1.807) is 6.20 Å². The number of nitrogens with one attached hydrogen (secondary N) is 2. The lowest BCUT2D eigenvalue weighted by molar-refractivity contribution is 0.664. The van der Waals surface area contributed by atoms with Gasteiger partial charge in [-0.1, -0.05) is 0 Å². The first kappa shape index (κ1) is 14.6. The molecule has 0 aliphatic heterocycles. The maximum atomic E-state index is 5.81. The van der Waals surface area contributed by atoms with E-state index in [0.29, 0.717) is 5.95 Å². The minimum Gasteiger partial charge on any atom is -0.384 e. The lowest BCUT2D eigenvalue weighted by Crippen LogP contribution is -2.16. The number of nitrogen functional groups attached to an aromatic ring is 1. The maximum absolute atomic E-state index is 5.81. The van der Waals surface area contributed by atoms with Crippen molar-refractivity contribution >= 4 is 17.5 Å². The molecule has 0 saturated heterocycles. The molecule has 1 aliphatic carbocycles. The fraction of sp³-hybridized carbons (Fsp3) is 0.438. The van der Waals surface area contributed by atoms with E-state index in [0.717, 1.165) is 49.6 Å². The van der Waals surface area contributed by atoms with Crippen molar-refractivity contribution in [1.82, 2.24) is 15.0 Å². The Bertz CT molecular complexity index is 614. The summed E-state index contributed by atoms with van der Waals surface area (Å²) in [5.74, 6) is 1.29. The highest BCUT2D eigenvalue weighted by atomic mass is 15.1. The van der Waals surface area contributed by atoms with Crippen LogP contribution in [0.4, 0.5) is 17.5 Å². The van der Waals surface area contributed by atoms with Crippen molar-refractivity contribution < 1.29 is 0 Å². The molecule has 6 nitrogen and oxygen atoms in total. The van der Waals surface area contributed by atoms with E-state index in [1.165, 1.54) is 18.4 Å². The zero-order valence-electron chi connectivity index (χ0n) is 12.7. The zero-order chi connectivity index (χ0) is 15.2. The fourth-order valence-corrected chi connectivity index (χ4v) is 2.75. The molecule has 2 aromatic rings. The predicted molar refractivity (Wildman–Crippen MR) is 88.9 cm³/mol. The molecule has 0 saturated carbocycles. The van der Waals surface area contributed by atoms with E-state index < -0.39 is 0 Å². The Labute approximate surface area is 130 Å². The van der Waals surface area contributed by atoms with Gasteiger partial charge in [0.15, 0.2) is 0 Å². The van der Waals surface area contributed by atoms with Gasteiger partial charge in [0.1, 0.15) is 5.82 Å². The van der Waals surface area contributed by atoms with Crippen molar-refractivity contribution in [2.45, 2.75) is 32.1 Å². The van der Waals surface area contributed by atoms with Crippen LogP contribution in [0.1, 0.15) is 30.5 Å².